The maximum absolute atomic E-state index is 11.0. The summed E-state index contributed by atoms with van der Waals surface area (Å²) in [6, 6.07) is 11.2. The van der Waals surface area contributed by atoms with Crippen LogP contribution >= 0.6 is 0 Å². The first-order chi connectivity index (χ1) is 9.16. The van der Waals surface area contributed by atoms with Gasteiger partial charge < -0.3 is 4.55 Å². The number of nitrogens with zero attached hydrogens (tertiary/aromatic N) is 3. The predicted molar refractivity (Wildman–Crippen MR) is 70.8 cm³/mol. The van der Waals surface area contributed by atoms with Crippen molar-refractivity contribution in [2.75, 3.05) is 0 Å². The van der Waals surface area contributed by atoms with E-state index in [4.69, 9.17) is 0 Å². The molecule has 0 saturated heterocycles. The third kappa shape index (κ3) is 2.70. The third-order valence-corrected chi connectivity index (χ3v) is 3.48. The molecular formula is C13H10N3NaO2S. The first-order valence-corrected chi connectivity index (χ1v) is 6.74. The van der Waals surface area contributed by atoms with Gasteiger partial charge in [0.15, 0.2) is 5.65 Å². The Balaban J connectivity index is 0.00000147. The summed E-state index contributed by atoms with van der Waals surface area (Å²) in [7, 11) is 0. The molecule has 5 nitrogen and oxygen atoms in total. The van der Waals surface area contributed by atoms with Crippen molar-refractivity contribution < 1.29 is 38.3 Å². The fraction of sp³-hybridized carbons (Fsp3) is 0.0769. The van der Waals surface area contributed by atoms with Gasteiger partial charge in [-0.1, -0.05) is 18.2 Å². The largest absolute Gasteiger partial charge is 1.00 e. The SMILES string of the molecule is Cc1nn(-c2ccccc2)c2ncc(S(=O)[O-])cc12.[Na+]. The van der Waals surface area contributed by atoms with Crippen LogP contribution < -0.4 is 29.6 Å². The van der Waals surface area contributed by atoms with Gasteiger partial charge >= 0.3 is 29.6 Å². The molecule has 0 saturated carbocycles. The normalized spacial score (nSPS) is 12.1. The average molecular weight is 295 g/mol. The van der Waals surface area contributed by atoms with Crippen LogP contribution in [-0.2, 0) is 11.1 Å². The van der Waals surface area contributed by atoms with E-state index in [-0.39, 0.29) is 34.5 Å². The summed E-state index contributed by atoms with van der Waals surface area (Å²) in [4.78, 5) is 4.38. The van der Waals surface area contributed by atoms with Crippen LogP contribution in [0.3, 0.4) is 0 Å². The molecule has 1 atom stereocenters. The van der Waals surface area contributed by atoms with E-state index in [1.54, 1.807) is 10.7 Å². The van der Waals surface area contributed by atoms with Crippen molar-refractivity contribution in [2.45, 2.75) is 11.8 Å². The van der Waals surface area contributed by atoms with Gasteiger partial charge in [-0.3, -0.25) is 4.21 Å². The van der Waals surface area contributed by atoms with Crippen LogP contribution in [0.1, 0.15) is 5.69 Å². The minimum absolute atomic E-state index is 0. The second kappa shape index (κ2) is 6.15. The molecule has 0 bridgehead atoms. The van der Waals surface area contributed by atoms with Gasteiger partial charge in [0.1, 0.15) is 0 Å². The zero-order valence-corrected chi connectivity index (χ0v) is 13.9. The molecule has 96 valence electrons. The Morgan fingerprint density at radius 3 is 2.60 bits per heavy atom. The van der Waals surface area contributed by atoms with Crippen LogP contribution in [-0.4, -0.2) is 23.5 Å². The number of hydrogen-bond acceptors (Lipinski definition) is 4. The molecule has 0 spiro atoms. The van der Waals surface area contributed by atoms with E-state index in [1.807, 2.05) is 37.3 Å². The van der Waals surface area contributed by atoms with Gasteiger partial charge in [-0.2, -0.15) is 5.10 Å². The van der Waals surface area contributed by atoms with Crippen molar-refractivity contribution in [3.8, 4) is 5.69 Å². The van der Waals surface area contributed by atoms with Gasteiger partial charge in [0.05, 0.1) is 11.4 Å². The number of rotatable bonds is 2. The van der Waals surface area contributed by atoms with Gasteiger partial charge in [-0.25, -0.2) is 9.67 Å². The molecule has 0 fully saturated rings. The number of aryl methyl sites for hydroxylation is 1. The Kier molecular flexibility index (Phi) is 4.72. The van der Waals surface area contributed by atoms with Crippen LogP contribution in [0.25, 0.3) is 16.7 Å². The molecule has 0 aliphatic rings. The zero-order chi connectivity index (χ0) is 13.4. The Hall–Kier alpha value is -1.05. The van der Waals surface area contributed by atoms with E-state index in [0.29, 0.717) is 5.65 Å². The molecule has 2 heterocycles. The Bertz CT molecular complexity index is 774. The van der Waals surface area contributed by atoms with Crippen molar-refractivity contribution in [2.24, 2.45) is 0 Å². The molecule has 7 heteroatoms. The molecule has 0 amide bonds. The summed E-state index contributed by atoms with van der Waals surface area (Å²) >= 11 is -2.28. The standard InChI is InChI=1S/C13H11N3O2S.Na/c1-9-12-7-11(19(17)18)8-14-13(12)16(15-9)10-5-3-2-4-6-10;/h2-8H,1H3,(H,17,18);/q;+1/p-1. The van der Waals surface area contributed by atoms with Gasteiger partial charge in [0.25, 0.3) is 0 Å². The van der Waals surface area contributed by atoms with Crippen molar-refractivity contribution in [3.63, 3.8) is 0 Å². The van der Waals surface area contributed by atoms with Gasteiger partial charge in [0.2, 0.25) is 0 Å². The van der Waals surface area contributed by atoms with Gasteiger partial charge in [0, 0.05) is 16.5 Å². The number of benzene rings is 1. The van der Waals surface area contributed by atoms with Gasteiger partial charge in [-0.05, 0) is 36.2 Å². The van der Waals surface area contributed by atoms with Crippen LogP contribution in [0.2, 0.25) is 0 Å². The third-order valence-electron chi connectivity index (χ3n) is 2.88. The van der Waals surface area contributed by atoms with Crippen molar-refractivity contribution >= 4 is 22.1 Å². The summed E-state index contributed by atoms with van der Waals surface area (Å²) in [5.74, 6) is 0. The molecule has 0 N–H and O–H groups in total. The molecule has 0 aliphatic heterocycles. The summed E-state index contributed by atoms with van der Waals surface area (Å²) in [5.41, 5.74) is 2.29. The molecule has 20 heavy (non-hydrogen) atoms. The topological polar surface area (TPSA) is 70.8 Å². The van der Waals surface area contributed by atoms with Crippen LogP contribution in [0.5, 0.6) is 0 Å². The molecule has 0 aliphatic carbocycles. The van der Waals surface area contributed by atoms with E-state index >= 15 is 0 Å². The van der Waals surface area contributed by atoms with Crippen molar-refractivity contribution in [1.82, 2.24) is 14.8 Å². The van der Waals surface area contributed by atoms with E-state index in [1.165, 1.54) is 6.20 Å². The smallest absolute Gasteiger partial charge is 0.768 e. The van der Waals surface area contributed by atoms with E-state index in [2.05, 4.69) is 10.1 Å². The first-order valence-electron chi connectivity index (χ1n) is 5.67. The van der Waals surface area contributed by atoms with Crippen molar-refractivity contribution in [3.05, 3.63) is 48.3 Å². The number of para-hydroxylation sites is 1. The number of hydrogen-bond donors (Lipinski definition) is 0. The molecule has 2 aromatic heterocycles. The van der Waals surface area contributed by atoms with Crippen LogP contribution in [0.4, 0.5) is 0 Å². The molecular weight excluding hydrogens is 285 g/mol. The Morgan fingerprint density at radius 1 is 1.25 bits per heavy atom. The molecule has 1 aromatic carbocycles. The minimum Gasteiger partial charge on any atom is -0.768 e. The number of fused-ring (bicyclic) bond motifs is 1. The predicted octanol–water partition coefficient (Wildman–Crippen LogP) is -1.03. The molecule has 3 aromatic rings. The first kappa shape index (κ1) is 15.3. The summed E-state index contributed by atoms with van der Waals surface area (Å²) in [6.45, 7) is 1.83. The quantitative estimate of drug-likeness (QED) is 0.448. The minimum atomic E-state index is -2.28. The second-order valence-corrected chi connectivity index (χ2v) is 5.05. The monoisotopic (exact) mass is 295 g/mol. The van der Waals surface area contributed by atoms with Gasteiger partial charge in [-0.15, -0.1) is 0 Å². The zero-order valence-electron chi connectivity index (χ0n) is 11.1. The van der Waals surface area contributed by atoms with E-state index in [0.717, 1.165) is 16.8 Å². The Labute approximate surface area is 140 Å². The fourth-order valence-corrected chi connectivity index (χ4v) is 2.32. The van der Waals surface area contributed by atoms with Crippen molar-refractivity contribution in [1.29, 1.82) is 0 Å². The van der Waals surface area contributed by atoms with E-state index < -0.39 is 11.1 Å². The molecule has 3 rings (SSSR count). The van der Waals surface area contributed by atoms with Crippen LogP contribution in [0.15, 0.2) is 47.5 Å². The molecule has 1 unspecified atom stereocenters. The summed E-state index contributed by atoms with van der Waals surface area (Å²) in [5, 5.41) is 5.15. The molecule has 0 radical (unpaired) electrons. The maximum Gasteiger partial charge on any atom is 1.00 e. The summed E-state index contributed by atoms with van der Waals surface area (Å²) < 4.78 is 23.6. The van der Waals surface area contributed by atoms with Crippen LogP contribution in [0, 0.1) is 6.92 Å². The fourth-order valence-electron chi connectivity index (χ4n) is 1.96. The number of pyridine rings is 1. The average Bonchev–Trinajstić information content (AvgIpc) is 2.77. The maximum atomic E-state index is 11.0. The number of aromatic nitrogens is 3. The summed E-state index contributed by atoms with van der Waals surface area (Å²) in [6.07, 6.45) is 1.34. The second-order valence-electron chi connectivity index (χ2n) is 4.11. The van der Waals surface area contributed by atoms with E-state index in [9.17, 15) is 8.76 Å². The Morgan fingerprint density at radius 2 is 1.95 bits per heavy atom.